The van der Waals surface area contributed by atoms with Crippen LogP contribution in [-0.4, -0.2) is 38.8 Å². The van der Waals surface area contributed by atoms with Crippen LogP contribution in [0.25, 0.3) is 0 Å². The van der Waals surface area contributed by atoms with E-state index < -0.39 is 27.7 Å². The fourth-order valence-electron chi connectivity index (χ4n) is 2.38. The number of halogens is 3. The number of nitrogens with zero attached hydrogens (tertiary/aromatic N) is 1. The number of aryl methyl sites for hydroxylation is 1. The molecule has 158 valence electrons. The molecule has 0 saturated carbocycles. The minimum absolute atomic E-state index is 0.0266. The molecule has 6 nitrogen and oxygen atoms in total. The van der Waals surface area contributed by atoms with Gasteiger partial charge in [-0.2, -0.15) is 13.2 Å². The number of ether oxygens (including phenoxy) is 1. The van der Waals surface area contributed by atoms with Crippen LogP contribution in [0.15, 0.2) is 46.5 Å². The molecule has 2 rings (SSSR count). The van der Waals surface area contributed by atoms with Crippen LogP contribution >= 0.6 is 11.8 Å². The molecule has 1 aromatic heterocycles. The summed E-state index contributed by atoms with van der Waals surface area (Å²) in [7, 11) is -2.65. The van der Waals surface area contributed by atoms with Crippen molar-refractivity contribution in [3.05, 3.63) is 53.2 Å². The number of pyridine rings is 1. The van der Waals surface area contributed by atoms with Gasteiger partial charge in [0.05, 0.1) is 28.2 Å². The molecule has 0 spiro atoms. The summed E-state index contributed by atoms with van der Waals surface area (Å²) in [6, 6.07) is 6.37. The van der Waals surface area contributed by atoms with Crippen molar-refractivity contribution in [2.45, 2.75) is 29.4 Å². The van der Waals surface area contributed by atoms with Gasteiger partial charge in [0.2, 0.25) is 10.0 Å². The van der Waals surface area contributed by atoms with Gasteiger partial charge in [-0.3, -0.25) is 0 Å². The summed E-state index contributed by atoms with van der Waals surface area (Å²) in [5.74, 6) is -0.364. The van der Waals surface area contributed by atoms with Gasteiger partial charge in [0.1, 0.15) is 0 Å². The number of aromatic nitrogens is 1. The van der Waals surface area contributed by atoms with E-state index in [0.29, 0.717) is 17.0 Å². The number of carbonyl (C=O) groups is 1. The van der Waals surface area contributed by atoms with E-state index in [1.54, 1.807) is 6.07 Å². The smallest absolute Gasteiger partial charge is 0.417 e. The van der Waals surface area contributed by atoms with E-state index in [2.05, 4.69) is 14.4 Å². The maximum absolute atomic E-state index is 12.5. The van der Waals surface area contributed by atoms with Crippen molar-refractivity contribution in [3.63, 3.8) is 0 Å². The van der Waals surface area contributed by atoms with Crippen molar-refractivity contribution in [1.82, 2.24) is 9.71 Å². The van der Waals surface area contributed by atoms with Crippen molar-refractivity contribution in [3.8, 4) is 0 Å². The third kappa shape index (κ3) is 6.18. The van der Waals surface area contributed by atoms with Crippen molar-refractivity contribution in [2.75, 3.05) is 19.4 Å². The summed E-state index contributed by atoms with van der Waals surface area (Å²) in [5.41, 5.74) is 0.000396. The molecule has 1 N–H and O–H groups in total. The highest BCUT2D eigenvalue weighted by atomic mass is 32.2. The molecule has 0 aliphatic heterocycles. The first-order chi connectivity index (χ1) is 13.6. The van der Waals surface area contributed by atoms with Crippen molar-refractivity contribution < 1.29 is 31.1 Å². The standard InChI is InChI=1S/C18H19F3N2O4S2/c1-3-12-4-6-14(10-15(12)17(24)27-2)29(25,26)23-8-9-28-16-7-5-13(11-22-16)18(19,20)21/h4-7,10-11,23H,3,8-9H2,1-2H3. The van der Waals surface area contributed by atoms with Gasteiger partial charge in [0, 0.05) is 18.5 Å². The highest BCUT2D eigenvalue weighted by molar-refractivity contribution is 7.99. The predicted octanol–water partition coefficient (Wildman–Crippen LogP) is 3.52. The molecule has 0 saturated heterocycles. The highest BCUT2D eigenvalue weighted by Crippen LogP contribution is 2.29. The van der Waals surface area contributed by atoms with E-state index in [0.717, 1.165) is 24.0 Å². The Hall–Kier alpha value is -2.11. The Bertz CT molecular complexity index is 962. The number of carbonyl (C=O) groups excluding carboxylic acids is 1. The number of esters is 1. The molecule has 0 fully saturated rings. The summed E-state index contributed by atoms with van der Waals surface area (Å²) in [6.45, 7) is 1.86. The Kier molecular flexibility index (Phi) is 7.66. The molecule has 0 amide bonds. The summed E-state index contributed by atoms with van der Waals surface area (Å²) in [5, 5.41) is 0.345. The fourth-order valence-corrected chi connectivity index (χ4v) is 4.27. The van der Waals surface area contributed by atoms with Crippen LogP contribution in [0.4, 0.5) is 13.2 Å². The van der Waals surface area contributed by atoms with Crippen molar-refractivity contribution in [2.24, 2.45) is 0 Å². The number of methoxy groups -OCH3 is 1. The number of sulfonamides is 1. The van der Waals surface area contributed by atoms with Crippen LogP contribution < -0.4 is 4.72 Å². The zero-order chi connectivity index (χ0) is 21.7. The molecule has 1 heterocycles. The minimum atomic E-state index is -4.46. The first-order valence-electron chi connectivity index (χ1n) is 8.45. The predicted molar refractivity (Wildman–Crippen MR) is 102 cm³/mol. The Morgan fingerprint density at radius 3 is 2.52 bits per heavy atom. The van der Waals surface area contributed by atoms with Gasteiger partial charge in [-0.15, -0.1) is 11.8 Å². The Balaban J connectivity index is 1.99. The lowest BCUT2D eigenvalue weighted by Crippen LogP contribution is -2.26. The second-order valence-electron chi connectivity index (χ2n) is 5.79. The average Bonchev–Trinajstić information content (AvgIpc) is 2.69. The maximum Gasteiger partial charge on any atom is 0.417 e. The number of nitrogens with one attached hydrogen (secondary N) is 1. The fraction of sp³-hybridized carbons (Fsp3) is 0.333. The van der Waals surface area contributed by atoms with Gasteiger partial charge in [0.25, 0.3) is 0 Å². The molecule has 0 unspecified atom stereocenters. The molecular formula is C18H19F3N2O4S2. The van der Waals surface area contributed by atoms with Crippen molar-refractivity contribution in [1.29, 1.82) is 0 Å². The summed E-state index contributed by atoms with van der Waals surface area (Å²) < 4.78 is 69.5. The van der Waals surface area contributed by atoms with Crippen LogP contribution in [0.1, 0.15) is 28.4 Å². The zero-order valence-electron chi connectivity index (χ0n) is 15.6. The molecule has 0 bridgehead atoms. The molecule has 0 radical (unpaired) electrons. The minimum Gasteiger partial charge on any atom is -0.465 e. The Labute approximate surface area is 170 Å². The Morgan fingerprint density at radius 2 is 1.97 bits per heavy atom. The third-order valence-corrected chi connectivity index (χ3v) is 6.29. The Morgan fingerprint density at radius 1 is 1.24 bits per heavy atom. The molecule has 11 heteroatoms. The van der Waals surface area contributed by atoms with E-state index in [9.17, 15) is 26.4 Å². The molecule has 0 aliphatic rings. The first-order valence-corrected chi connectivity index (χ1v) is 10.9. The second-order valence-corrected chi connectivity index (χ2v) is 8.68. The molecule has 0 atom stereocenters. The number of hydrogen-bond donors (Lipinski definition) is 1. The van der Waals surface area contributed by atoms with Gasteiger partial charge in [-0.25, -0.2) is 22.9 Å². The lowest BCUT2D eigenvalue weighted by atomic mass is 10.1. The lowest BCUT2D eigenvalue weighted by molar-refractivity contribution is -0.137. The first kappa shape index (κ1) is 23.2. The third-order valence-electron chi connectivity index (χ3n) is 3.89. The second kappa shape index (κ2) is 9.59. The highest BCUT2D eigenvalue weighted by Gasteiger charge is 2.30. The van der Waals surface area contributed by atoms with Crippen LogP contribution in [0.2, 0.25) is 0 Å². The van der Waals surface area contributed by atoms with Crippen LogP contribution in [-0.2, 0) is 27.4 Å². The largest absolute Gasteiger partial charge is 0.465 e. The van der Waals surface area contributed by atoms with E-state index in [-0.39, 0.29) is 22.8 Å². The average molecular weight is 448 g/mol. The number of hydrogen-bond acceptors (Lipinski definition) is 6. The van der Waals surface area contributed by atoms with Gasteiger partial charge < -0.3 is 4.74 Å². The number of rotatable bonds is 8. The normalized spacial score (nSPS) is 12.0. The van der Waals surface area contributed by atoms with Crippen LogP contribution in [0, 0.1) is 0 Å². The van der Waals surface area contributed by atoms with Gasteiger partial charge in [-0.1, -0.05) is 13.0 Å². The van der Waals surface area contributed by atoms with E-state index in [1.807, 2.05) is 6.92 Å². The topological polar surface area (TPSA) is 85.4 Å². The van der Waals surface area contributed by atoms with E-state index >= 15 is 0 Å². The monoisotopic (exact) mass is 448 g/mol. The molecule has 2 aromatic rings. The number of benzene rings is 1. The van der Waals surface area contributed by atoms with Gasteiger partial charge in [0.15, 0.2) is 0 Å². The van der Waals surface area contributed by atoms with E-state index in [1.165, 1.54) is 25.3 Å². The molecule has 29 heavy (non-hydrogen) atoms. The summed E-state index contributed by atoms with van der Waals surface area (Å²) in [6.07, 6.45) is -3.19. The summed E-state index contributed by atoms with van der Waals surface area (Å²) in [4.78, 5) is 15.5. The molecule has 1 aromatic carbocycles. The molecule has 0 aliphatic carbocycles. The quantitative estimate of drug-likeness (QED) is 0.378. The van der Waals surface area contributed by atoms with Crippen LogP contribution in [0.3, 0.4) is 0 Å². The van der Waals surface area contributed by atoms with Gasteiger partial charge in [-0.05, 0) is 36.2 Å². The molecular weight excluding hydrogens is 429 g/mol. The number of alkyl halides is 3. The zero-order valence-corrected chi connectivity index (χ0v) is 17.2. The summed E-state index contributed by atoms with van der Waals surface area (Å²) >= 11 is 1.11. The van der Waals surface area contributed by atoms with Crippen molar-refractivity contribution >= 4 is 27.8 Å². The lowest BCUT2D eigenvalue weighted by Gasteiger charge is -2.11. The SMILES string of the molecule is CCc1ccc(S(=O)(=O)NCCSc2ccc(C(F)(F)F)cn2)cc1C(=O)OC. The van der Waals surface area contributed by atoms with Crippen LogP contribution in [0.5, 0.6) is 0 Å². The van der Waals surface area contributed by atoms with E-state index in [4.69, 9.17) is 0 Å². The number of thioether (sulfide) groups is 1. The van der Waals surface area contributed by atoms with Gasteiger partial charge >= 0.3 is 12.1 Å². The maximum atomic E-state index is 12.5.